The number of likely N-dealkylation sites (N-methyl/N-ethyl adjacent to an activating group) is 1. The van der Waals surface area contributed by atoms with E-state index in [1.165, 1.54) is 49.0 Å². The Morgan fingerprint density at radius 1 is 0.943 bits per heavy atom. The maximum absolute atomic E-state index is 12.4. The lowest BCUT2D eigenvalue weighted by Crippen LogP contribution is -3.12. The topological polar surface area (TPSA) is 109 Å². The van der Waals surface area contributed by atoms with Gasteiger partial charge < -0.3 is 24.7 Å². The van der Waals surface area contributed by atoms with Crippen molar-refractivity contribution in [1.82, 2.24) is 4.90 Å². The van der Waals surface area contributed by atoms with Crippen molar-refractivity contribution in [2.45, 2.75) is 43.9 Å². The molecule has 35 heavy (non-hydrogen) atoms. The zero-order chi connectivity index (χ0) is 25.0. The predicted molar refractivity (Wildman–Crippen MR) is 129 cm³/mol. The van der Waals surface area contributed by atoms with Crippen LogP contribution >= 0.6 is 0 Å². The highest BCUT2D eigenvalue weighted by Crippen LogP contribution is 2.60. The number of amides is 1. The number of ether oxygens (including phenoxy) is 1. The Morgan fingerprint density at radius 3 is 1.89 bits per heavy atom. The van der Waals surface area contributed by atoms with Gasteiger partial charge in [-0.25, -0.2) is 9.59 Å². The van der Waals surface area contributed by atoms with Crippen molar-refractivity contribution in [3.8, 4) is 5.75 Å². The van der Waals surface area contributed by atoms with Crippen LogP contribution in [0, 0.1) is 17.8 Å². The first-order valence-electron chi connectivity index (χ1n) is 12.7. The van der Waals surface area contributed by atoms with Gasteiger partial charge in [0.05, 0.1) is 33.2 Å². The van der Waals surface area contributed by atoms with E-state index in [2.05, 4.69) is 31.3 Å². The van der Waals surface area contributed by atoms with Crippen molar-refractivity contribution in [1.29, 1.82) is 0 Å². The molecule has 8 heteroatoms. The molecule has 4 aliphatic carbocycles. The van der Waals surface area contributed by atoms with Crippen molar-refractivity contribution in [2.24, 2.45) is 17.8 Å². The molecule has 4 bridgehead atoms. The van der Waals surface area contributed by atoms with Gasteiger partial charge in [-0.2, -0.15) is 0 Å². The number of hydrogen-bond donors (Lipinski definition) is 3. The number of hydrogen-bond acceptors (Lipinski definition) is 4. The third-order valence-electron chi connectivity index (χ3n) is 8.21. The third kappa shape index (κ3) is 6.42. The van der Waals surface area contributed by atoms with Gasteiger partial charge in [-0.3, -0.25) is 4.79 Å². The maximum Gasteiger partial charge on any atom is 0.328 e. The van der Waals surface area contributed by atoms with E-state index in [0.717, 1.165) is 49.7 Å². The van der Waals surface area contributed by atoms with E-state index in [9.17, 15) is 14.4 Å². The molecule has 8 nitrogen and oxygen atoms in total. The SMILES string of the molecule is C[NH+]1CCN(C(=O)COc2ccc(C34CC5CC(CC(C5)C3)C4)cc2)CC1.O=C(O)/C=C\C(=O)O. The lowest BCUT2D eigenvalue weighted by Gasteiger charge is -2.57. The van der Waals surface area contributed by atoms with Gasteiger partial charge in [-0.1, -0.05) is 12.1 Å². The first kappa shape index (κ1) is 25.2. The van der Waals surface area contributed by atoms with E-state index in [4.69, 9.17) is 14.9 Å². The lowest BCUT2D eigenvalue weighted by molar-refractivity contribution is -0.883. The molecule has 0 unspecified atom stereocenters. The molecule has 1 aromatic carbocycles. The second-order valence-corrected chi connectivity index (χ2v) is 10.9. The van der Waals surface area contributed by atoms with Gasteiger partial charge >= 0.3 is 11.9 Å². The number of benzene rings is 1. The second kappa shape index (κ2) is 10.8. The molecule has 3 N–H and O–H groups in total. The van der Waals surface area contributed by atoms with Crippen LogP contribution in [-0.2, 0) is 19.8 Å². The molecule has 1 amide bonds. The summed E-state index contributed by atoms with van der Waals surface area (Å²) in [5.41, 5.74) is 1.95. The molecule has 4 saturated carbocycles. The zero-order valence-corrected chi connectivity index (χ0v) is 20.4. The van der Waals surface area contributed by atoms with Crippen LogP contribution in [0.25, 0.3) is 0 Å². The molecular formula is C27H37N2O6+. The number of nitrogens with zero attached hydrogens (tertiary/aromatic N) is 1. The molecule has 0 atom stereocenters. The molecule has 0 aromatic heterocycles. The van der Waals surface area contributed by atoms with Crippen LogP contribution in [0.15, 0.2) is 36.4 Å². The summed E-state index contributed by atoms with van der Waals surface area (Å²) in [5, 5.41) is 15.6. The fourth-order valence-corrected chi connectivity index (χ4v) is 6.89. The minimum Gasteiger partial charge on any atom is -0.484 e. The monoisotopic (exact) mass is 485 g/mol. The maximum atomic E-state index is 12.4. The number of quaternary nitrogens is 1. The second-order valence-electron chi connectivity index (χ2n) is 10.9. The number of nitrogens with one attached hydrogen (secondary N) is 1. The molecule has 0 spiro atoms. The van der Waals surface area contributed by atoms with Gasteiger partial charge in [-0.15, -0.1) is 0 Å². The van der Waals surface area contributed by atoms with Crippen LogP contribution < -0.4 is 9.64 Å². The number of piperazine rings is 1. The summed E-state index contributed by atoms with van der Waals surface area (Å²) < 4.78 is 5.82. The van der Waals surface area contributed by atoms with Crippen molar-refractivity contribution < 1.29 is 34.2 Å². The average molecular weight is 486 g/mol. The molecule has 1 saturated heterocycles. The van der Waals surface area contributed by atoms with Gasteiger partial charge in [-0.05, 0) is 79.4 Å². The van der Waals surface area contributed by atoms with Crippen molar-refractivity contribution >= 4 is 17.8 Å². The lowest BCUT2D eigenvalue weighted by atomic mass is 9.48. The molecular weight excluding hydrogens is 448 g/mol. The van der Waals surface area contributed by atoms with E-state index in [1.54, 1.807) is 0 Å². The predicted octanol–water partition coefficient (Wildman–Crippen LogP) is 1.60. The van der Waals surface area contributed by atoms with Crippen LogP contribution in [0.2, 0.25) is 0 Å². The summed E-state index contributed by atoms with van der Waals surface area (Å²) in [6.45, 7) is 3.92. The minimum absolute atomic E-state index is 0.118. The Labute approximate surface area is 206 Å². The molecule has 190 valence electrons. The Balaban J connectivity index is 0.000000314. The van der Waals surface area contributed by atoms with Crippen LogP contribution in [0.1, 0.15) is 44.1 Å². The number of carbonyl (C=O) groups is 3. The molecule has 5 fully saturated rings. The highest BCUT2D eigenvalue weighted by atomic mass is 16.5. The molecule has 0 radical (unpaired) electrons. The highest BCUT2D eigenvalue weighted by Gasteiger charge is 2.51. The number of aliphatic carboxylic acids is 2. The fourth-order valence-electron chi connectivity index (χ4n) is 6.89. The van der Waals surface area contributed by atoms with Gasteiger partial charge in [0.2, 0.25) is 0 Å². The van der Waals surface area contributed by atoms with Crippen LogP contribution in [-0.4, -0.2) is 72.8 Å². The van der Waals surface area contributed by atoms with E-state index >= 15 is 0 Å². The van der Waals surface area contributed by atoms with E-state index < -0.39 is 11.9 Å². The summed E-state index contributed by atoms with van der Waals surface area (Å²) in [6.07, 6.45) is 9.74. The van der Waals surface area contributed by atoms with Gasteiger partial charge in [0, 0.05) is 12.2 Å². The fraction of sp³-hybridized carbons (Fsp3) is 0.593. The Hall–Kier alpha value is -2.87. The zero-order valence-electron chi connectivity index (χ0n) is 20.4. The summed E-state index contributed by atoms with van der Waals surface area (Å²) in [5.74, 6) is 1.34. The normalized spacial score (nSPS) is 29.5. The number of rotatable bonds is 6. The number of carbonyl (C=O) groups excluding carboxylic acids is 1. The smallest absolute Gasteiger partial charge is 0.328 e. The molecule has 5 aliphatic rings. The molecule has 1 aromatic rings. The first-order chi connectivity index (χ1) is 16.7. The Morgan fingerprint density at radius 2 is 1.43 bits per heavy atom. The van der Waals surface area contributed by atoms with Crippen molar-refractivity contribution in [3.05, 3.63) is 42.0 Å². The summed E-state index contributed by atoms with van der Waals surface area (Å²) in [6, 6.07) is 8.75. The Kier molecular flexibility index (Phi) is 7.79. The number of carboxylic acid groups (broad SMARTS) is 2. The Bertz CT molecular complexity index is 898. The van der Waals surface area contributed by atoms with Crippen molar-refractivity contribution in [2.75, 3.05) is 39.8 Å². The molecule has 6 rings (SSSR count). The summed E-state index contributed by atoms with van der Waals surface area (Å²) in [7, 11) is 2.18. The number of carboxylic acids is 2. The van der Waals surface area contributed by atoms with Crippen LogP contribution in [0.5, 0.6) is 5.75 Å². The van der Waals surface area contributed by atoms with E-state index in [-0.39, 0.29) is 12.5 Å². The average Bonchev–Trinajstić information content (AvgIpc) is 2.81. The summed E-state index contributed by atoms with van der Waals surface area (Å²) in [4.78, 5) is 34.9. The quantitative estimate of drug-likeness (QED) is 0.529. The van der Waals surface area contributed by atoms with Gasteiger partial charge in [0.1, 0.15) is 5.75 Å². The van der Waals surface area contributed by atoms with Gasteiger partial charge in [0.15, 0.2) is 6.61 Å². The molecule has 1 aliphatic heterocycles. The van der Waals surface area contributed by atoms with Crippen LogP contribution in [0.3, 0.4) is 0 Å². The van der Waals surface area contributed by atoms with Crippen LogP contribution in [0.4, 0.5) is 0 Å². The molecule has 1 heterocycles. The van der Waals surface area contributed by atoms with Gasteiger partial charge in [0.25, 0.3) is 5.91 Å². The summed E-state index contributed by atoms with van der Waals surface area (Å²) >= 11 is 0. The first-order valence-corrected chi connectivity index (χ1v) is 12.7. The van der Waals surface area contributed by atoms with Crippen molar-refractivity contribution in [3.63, 3.8) is 0 Å². The van der Waals surface area contributed by atoms with E-state index in [0.29, 0.717) is 17.6 Å². The minimum atomic E-state index is -1.26. The van der Waals surface area contributed by atoms with E-state index in [1.807, 2.05) is 4.90 Å². The standard InChI is InChI=1S/C23H32N2O2.C4H4O4/c1-24-6-8-25(9-7-24)22(26)16-27-21-4-2-20(3-5-21)23-13-17-10-18(14-23)12-19(11-17)15-23;5-3(6)1-2-4(7)8/h2-5,17-19H,6-16H2,1H3;1-2H,(H,5,6)(H,7,8)/p+1/b;2-1-. The third-order valence-corrected chi connectivity index (χ3v) is 8.21. The largest absolute Gasteiger partial charge is 0.484 e. The highest BCUT2D eigenvalue weighted by molar-refractivity contribution is 5.89.